The monoisotopic (exact) mass is 296 g/mol. The summed E-state index contributed by atoms with van der Waals surface area (Å²) in [6, 6.07) is 16.6. The molecular weight excluding hydrogens is 276 g/mol. The predicted octanol–water partition coefficient (Wildman–Crippen LogP) is 3.55. The third-order valence-corrected chi connectivity index (χ3v) is 4.33. The minimum Gasteiger partial charge on any atom is -0.464 e. The van der Waals surface area contributed by atoms with Crippen molar-refractivity contribution in [3.05, 3.63) is 59.7 Å². The highest BCUT2D eigenvalue weighted by Crippen LogP contribution is 2.49. The molecule has 0 spiro atoms. The van der Waals surface area contributed by atoms with E-state index in [1.165, 1.54) is 22.3 Å². The van der Waals surface area contributed by atoms with Crippen molar-refractivity contribution in [1.82, 2.24) is 0 Å². The van der Waals surface area contributed by atoms with Crippen LogP contribution in [0.3, 0.4) is 0 Å². The Morgan fingerprint density at radius 2 is 1.50 bits per heavy atom. The Kier molecular flexibility index (Phi) is 3.99. The molecule has 3 rings (SSSR count). The molecule has 0 bridgehead atoms. The molecule has 1 aliphatic carbocycles. The Labute approximate surface area is 130 Å². The van der Waals surface area contributed by atoms with E-state index in [1.54, 1.807) is 7.11 Å². The van der Waals surface area contributed by atoms with E-state index >= 15 is 0 Å². The highest BCUT2D eigenvalue weighted by Gasteiger charge is 2.44. The number of methoxy groups -OCH3 is 1. The molecule has 0 aliphatic heterocycles. The summed E-state index contributed by atoms with van der Waals surface area (Å²) < 4.78 is 11.0. The molecule has 3 nitrogen and oxygen atoms in total. The van der Waals surface area contributed by atoms with E-state index in [2.05, 4.69) is 24.3 Å². The van der Waals surface area contributed by atoms with Gasteiger partial charge in [0, 0.05) is 13.5 Å². The summed E-state index contributed by atoms with van der Waals surface area (Å²) in [5.41, 5.74) is 4.31. The van der Waals surface area contributed by atoms with Crippen molar-refractivity contribution < 1.29 is 14.3 Å². The van der Waals surface area contributed by atoms with Crippen molar-refractivity contribution >= 4 is 5.97 Å². The standard InChI is InChI=1S/C19H20O3/c1-3-18(20)22-13-19(12-21-2)16-10-6-4-8-14(16)15-9-5-7-11-17(15)19/h4-11H,3,12-13H2,1-2H3. The molecule has 0 N–H and O–H groups in total. The largest absolute Gasteiger partial charge is 0.464 e. The summed E-state index contributed by atoms with van der Waals surface area (Å²) in [6.07, 6.45) is 0.381. The summed E-state index contributed by atoms with van der Waals surface area (Å²) >= 11 is 0. The molecule has 0 amide bonds. The molecule has 22 heavy (non-hydrogen) atoms. The van der Waals surface area contributed by atoms with Gasteiger partial charge in [-0.15, -0.1) is 0 Å². The molecular formula is C19H20O3. The Morgan fingerprint density at radius 3 is 2.00 bits per heavy atom. The SMILES string of the molecule is CCC(=O)OCC1(COC)c2ccccc2-c2ccccc21. The van der Waals surface area contributed by atoms with E-state index in [4.69, 9.17) is 9.47 Å². The van der Waals surface area contributed by atoms with Crippen LogP contribution in [-0.2, 0) is 19.7 Å². The van der Waals surface area contributed by atoms with Gasteiger partial charge >= 0.3 is 5.97 Å². The molecule has 0 saturated carbocycles. The number of ether oxygens (including phenoxy) is 2. The zero-order valence-corrected chi connectivity index (χ0v) is 13.0. The number of carbonyl (C=O) groups is 1. The predicted molar refractivity (Wildman–Crippen MR) is 85.8 cm³/mol. The van der Waals surface area contributed by atoms with E-state index in [0.717, 1.165) is 0 Å². The van der Waals surface area contributed by atoms with Gasteiger partial charge in [0.15, 0.2) is 0 Å². The summed E-state index contributed by atoms with van der Waals surface area (Å²) in [4.78, 5) is 11.7. The number of fused-ring (bicyclic) bond motifs is 3. The Bertz CT molecular complexity index is 645. The van der Waals surface area contributed by atoms with Gasteiger partial charge in [-0.2, -0.15) is 0 Å². The highest BCUT2D eigenvalue weighted by atomic mass is 16.5. The number of benzene rings is 2. The van der Waals surface area contributed by atoms with Gasteiger partial charge in [-0.1, -0.05) is 55.5 Å². The quantitative estimate of drug-likeness (QED) is 0.792. The van der Waals surface area contributed by atoms with Crippen LogP contribution in [0.2, 0.25) is 0 Å². The first-order valence-corrected chi connectivity index (χ1v) is 7.57. The number of rotatable bonds is 5. The maximum atomic E-state index is 11.7. The van der Waals surface area contributed by atoms with Crippen molar-refractivity contribution in [3.63, 3.8) is 0 Å². The summed E-state index contributed by atoms with van der Waals surface area (Å²) in [5.74, 6) is -0.183. The fraction of sp³-hybridized carbons (Fsp3) is 0.316. The fourth-order valence-corrected chi connectivity index (χ4v) is 3.32. The number of carbonyl (C=O) groups excluding carboxylic acids is 1. The molecule has 3 heteroatoms. The number of hydrogen-bond acceptors (Lipinski definition) is 3. The van der Waals surface area contributed by atoms with Crippen molar-refractivity contribution in [2.75, 3.05) is 20.3 Å². The Balaban J connectivity index is 2.13. The minimum absolute atomic E-state index is 0.183. The number of hydrogen-bond donors (Lipinski definition) is 0. The fourth-order valence-electron chi connectivity index (χ4n) is 3.32. The van der Waals surface area contributed by atoms with Gasteiger partial charge < -0.3 is 9.47 Å². The molecule has 0 aromatic heterocycles. The first-order chi connectivity index (χ1) is 10.7. The van der Waals surface area contributed by atoms with Crippen molar-refractivity contribution in [2.24, 2.45) is 0 Å². The van der Waals surface area contributed by atoms with E-state index in [-0.39, 0.29) is 5.97 Å². The molecule has 0 heterocycles. The number of esters is 1. The smallest absolute Gasteiger partial charge is 0.305 e. The van der Waals surface area contributed by atoms with Crippen LogP contribution < -0.4 is 0 Å². The average Bonchev–Trinajstić information content (AvgIpc) is 2.84. The molecule has 0 unspecified atom stereocenters. The van der Waals surface area contributed by atoms with Crippen LogP contribution in [0.4, 0.5) is 0 Å². The molecule has 0 fully saturated rings. The highest BCUT2D eigenvalue weighted by molar-refractivity contribution is 5.81. The van der Waals surface area contributed by atoms with Gasteiger partial charge in [0.1, 0.15) is 6.61 Å². The van der Waals surface area contributed by atoms with Crippen LogP contribution >= 0.6 is 0 Å². The zero-order chi connectivity index (χ0) is 15.6. The molecule has 114 valence electrons. The van der Waals surface area contributed by atoms with Gasteiger partial charge in [-0.05, 0) is 22.3 Å². The molecule has 1 aliphatic rings. The lowest BCUT2D eigenvalue weighted by atomic mass is 9.79. The normalized spacial score (nSPS) is 14.3. The summed E-state index contributed by atoms with van der Waals surface area (Å²) in [7, 11) is 1.69. The average molecular weight is 296 g/mol. The summed E-state index contributed by atoms with van der Waals surface area (Å²) in [6.45, 7) is 2.60. The maximum absolute atomic E-state index is 11.7. The zero-order valence-electron chi connectivity index (χ0n) is 13.0. The second kappa shape index (κ2) is 5.93. The molecule has 0 saturated heterocycles. The molecule has 0 radical (unpaired) electrons. The van der Waals surface area contributed by atoms with E-state index in [9.17, 15) is 4.79 Å². The second-order valence-corrected chi connectivity index (χ2v) is 5.62. The third-order valence-electron chi connectivity index (χ3n) is 4.33. The van der Waals surface area contributed by atoms with Crippen molar-refractivity contribution in [2.45, 2.75) is 18.8 Å². The van der Waals surface area contributed by atoms with E-state index < -0.39 is 5.41 Å². The van der Waals surface area contributed by atoms with Gasteiger partial charge in [0.25, 0.3) is 0 Å². The van der Waals surface area contributed by atoms with Crippen LogP contribution in [0.15, 0.2) is 48.5 Å². The topological polar surface area (TPSA) is 35.5 Å². The van der Waals surface area contributed by atoms with Crippen molar-refractivity contribution in [1.29, 1.82) is 0 Å². The van der Waals surface area contributed by atoms with Gasteiger partial charge in [-0.3, -0.25) is 4.79 Å². The second-order valence-electron chi connectivity index (χ2n) is 5.62. The van der Waals surface area contributed by atoms with Crippen LogP contribution in [-0.4, -0.2) is 26.3 Å². The van der Waals surface area contributed by atoms with Gasteiger partial charge in [-0.25, -0.2) is 0 Å². The Morgan fingerprint density at radius 1 is 0.955 bits per heavy atom. The first kappa shape index (κ1) is 14.8. The van der Waals surface area contributed by atoms with Crippen LogP contribution in [0.1, 0.15) is 24.5 Å². The lowest BCUT2D eigenvalue weighted by molar-refractivity contribution is -0.145. The van der Waals surface area contributed by atoms with Crippen LogP contribution in [0.5, 0.6) is 0 Å². The lowest BCUT2D eigenvalue weighted by Crippen LogP contribution is -2.37. The first-order valence-electron chi connectivity index (χ1n) is 7.57. The Hall–Kier alpha value is -2.13. The maximum Gasteiger partial charge on any atom is 0.305 e. The summed E-state index contributed by atoms with van der Waals surface area (Å²) in [5, 5.41) is 0. The van der Waals surface area contributed by atoms with Crippen molar-refractivity contribution in [3.8, 4) is 11.1 Å². The third kappa shape index (κ3) is 2.22. The van der Waals surface area contributed by atoms with E-state index in [1.807, 2.05) is 31.2 Å². The minimum atomic E-state index is -0.424. The van der Waals surface area contributed by atoms with Crippen LogP contribution in [0, 0.1) is 0 Å². The van der Waals surface area contributed by atoms with Crippen LogP contribution in [0.25, 0.3) is 11.1 Å². The molecule has 2 aromatic carbocycles. The van der Waals surface area contributed by atoms with Gasteiger partial charge in [0.2, 0.25) is 0 Å². The molecule has 0 atom stereocenters. The van der Waals surface area contributed by atoms with Gasteiger partial charge in [0.05, 0.1) is 12.0 Å². The lowest BCUT2D eigenvalue weighted by Gasteiger charge is -2.30. The molecule has 2 aromatic rings. The van der Waals surface area contributed by atoms with E-state index in [0.29, 0.717) is 19.6 Å².